The molecule has 3 aromatic heterocycles. The van der Waals surface area contributed by atoms with E-state index in [0.29, 0.717) is 0 Å². The van der Waals surface area contributed by atoms with Gasteiger partial charge in [0.05, 0.1) is 22.1 Å². The highest BCUT2D eigenvalue weighted by Gasteiger charge is 2.23. The SMILES string of the molecule is CC(C)(C)c1cccc2c1nc(-c1ccc(-n3c4ccccc4c4cc(-c5cccc6c5sc5ccccc56)ccc43)cc1)n2-c1ccccc1. The van der Waals surface area contributed by atoms with Crippen molar-refractivity contribution < 1.29 is 0 Å². The highest BCUT2D eigenvalue weighted by atomic mass is 32.1. The van der Waals surface area contributed by atoms with Gasteiger partial charge in [0.25, 0.3) is 0 Å². The van der Waals surface area contributed by atoms with E-state index in [4.69, 9.17) is 4.98 Å². The molecule has 0 aliphatic heterocycles. The Hall–Kier alpha value is -5.97. The third-order valence-electron chi connectivity index (χ3n) is 10.3. The first kappa shape index (κ1) is 29.9. The van der Waals surface area contributed by atoms with Crippen LogP contribution in [0.4, 0.5) is 0 Å². The van der Waals surface area contributed by atoms with Crippen LogP contribution in [0, 0.1) is 0 Å². The summed E-state index contributed by atoms with van der Waals surface area (Å²) < 4.78 is 7.37. The Kier molecular flexibility index (Phi) is 6.61. The molecule has 0 bridgehead atoms. The number of imidazole rings is 1. The predicted molar refractivity (Wildman–Crippen MR) is 218 cm³/mol. The summed E-state index contributed by atoms with van der Waals surface area (Å²) in [6, 6.07) is 57.3. The van der Waals surface area contributed by atoms with Crippen molar-refractivity contribution in [2.75, 3.05) is 0 Å². The minimum atomic E-state index is -0.0305. The maximum atomic E-state index is 5.35. The zero-order valence-corrected chi connectivity index (χ0v) is 29.6. The molecule has 0 radical (unpaired) electrons. The Morgan fingerprint density at radius 1 is 0.490 bits per heavy atom. The monoisotopic (exact) mass is 673 g/mol. The van der Waals surface area contributed by atoms with E-state index in [9.17, 15) is 0 Å². The number of hydrogen-bond donors (Lipinski definition) is 0. The fraction of sp³-hybridized carbons (Fsp3) is 0.0851. The van der Waals surface area contributed by atoms with Crippen LogP contribution < -0.4 is 0 Å². The number of para-hydroxylation sites is 3. The van der Waals surface area contributed by atoms with Gasteiger partial charge in [0.15, 0.2) is 0 Å². The van der Waals surface area contributed by atoms with Gasteiger partial charge in [-0.15, -0.1) is 11.3 Å². The Bertz CT molecular complexity index is 2930. The van der Waals surface area contributed by atoms with Crippen LogP contribution in [0.15, 0.2) is 158 Å². The molecular weight excluding hydrogens is 639 g/mol. The third kappa shape index (κ3) is 4.67. The minimum Gasteiger partial charge on any atom is -0.309 e. The highest BCUT2D eigenvalue weighted by molar-refractivity contribution is 7.26. The summed E-state index contributed by atoms with van der Waals surface area (Å²) in [5, 5.41) is 5.16. The molecule has 51 heavy (non-hydrogen) atoms. The van der Waals surface area contributed by atoms with Gasteiger partial charge in [0.2, 0.25) is 0 Å². The normalized spacial score (nSPS) is 12.2. The molecule has 0 unspecified atom stereocenters. The van der Waals surface area contributed by atoms with Crippen molar-refractivity contribution in [3.63, 3.8) is 0 Å². The van der Waals surface area contributed by atoms with Crippen LogP contribution in [0.2, 0.25) is 0 Å². The molecule has 10 aromatic rings. The number of fused-ring (bicyclic) bond motifs is 7. The van der Waals surface area contributed by atoms with Crippen molar-refractivity contribution in [1.82, 2.24) is 14.1 Å². The van der Waals surface area contributed by atoms with E-state index in [-0.39, 0.29) is 5.41 Å². The molecule has 4 heteroatoms. The van der Waals surface area contributed by atoms with Gasteiger partial charge in [-0.05, 0) is 88.8 Å². The van der Waals surface area contributed by atoms with Crippen LogP contribution in [0.5, 0.6) is 0 Å². The molecule has 3 heterocycles. The predicted octanol–water partition coefficient (Wildman–Crippen LogP) is 13.1. The first-order chi connectivity index (χ1) is 24.9. The zero-order chi connectivity index (χ0) is 34.3. The number of thiophene rings is 1. The van der Waals surface area contributed by atoms with E-state index in [1.165, 1.54) is 58.7 Å². The molecule has 0 saturated carbocycles. The summed E-state index contributed by atoms with van der Waals surface area (Å²) in [6.07, 6.45) is 0. The lowest BCUT2D eigenvalue weighted by Gasteiger charge is -2.19. The van der Waals surface area contributed by atoms with Gasteiger partial charge in [0.1, 0.15) is 5.82 Å². The van der Waals surface area contributed by atoms with Crippen molar-refractivity contribution >= 4 is 64.3 Å². The van der Waals surface area contributed by atoms with Gasteiger partial charge in [-0.25, -0.2) is 4.98 Å². The fourth-order valence-corrected chi connectivity index (χ4v) is 9.13. The smallest absolute Gasteiger partial charge is 0.145 e. The van der Waals surface area contributed by atoms with E-state index < -0.39 is 0 Å². The van der Waals surface area contributed by atoms with E-state index in [1.807, 2.05) is 11.3 Å². The highest BCUT2D eigenvalue weighted by Crippen LogP contribution is 2.42. The lowest BCUT2D eigenvalue weighted by atomic mass is 9.86. The van der Waals surface area contributed by atoms with E-state index in [0.717, 1.165) is 33.8 Å². The van der Waals surface area contributed by atoms with Crippen LogP contribution >= 0.6 is 11.3 Å². The lowest BCUT2D eigenvalue weighted by Crippen LogP contribution is -2.11. The molecular formula is C47H35N3S. The first-order valence-corrected chi connectivity index (χ1v) is 18.4. The molecule has 0 saturated heterocycles. The third-order valence-corrected chi connectivity index (χ3v) is 11.5. The second kappa shape index (κ2) is 11.3. The first-order valence-electron chi connectivity index (χ1n) is 17.6. The number of nitrogens with zero attached hydrogens (tertiary/aromatic N) is 3. The molecule has 0 amide bonds. The van der Waals surface area contributed by atoms with Gasteiger partial charge in [0, 0.05) is 47.9 Å². The average molecular weight is 674 g/mol. The Labute approximate surface area is 300 Å². The molecule has 0 aliphatic rings. The summed E-state index contributed by atoms with van der Waals surface area (Å²) in [5.74, 6) is 0.946. The van der Waals surface area contributed by atoms with Crippen LogP contribution in [0.25, 0.3) is 86.9 Å². The molecule has 244 valence electrons. The Morgan fingerprint density at radius 3 is 1.96 bits per heavy atom. The summed E-state index contributed by atoms with van der Waals surface area (Å²) in [6.45, 7) is 6.78. The molecule has 0 spiro atoms. The summed E-state index contributed by atoms with van der Waals surface area (Å²) in [7, 11) is 0. The second-order valence-electron chi connectivity index (χ2n) is 14.4. The van der Waals surface area contributed by atoms with Gasteiger partial charge in [-0.2, -0.15) is 0 Å². The van der Waals surface area contributed by atoms with E-state index >= 15 is 0 Å². The maximum absolute atomic E-state index is 5.35. The van der Waals surface area contributed by atoms with Crippen molar-refractivity contribution in [3.05, 3.63) is 163 Å². The number of rotatable bonds is 4. The van der Waals surface area contributed by atoms with E-state index in [1.54, 1.807) is 0 Å². The minimum absolute atomic E-state index is 0.0305. The van der Waals surface area contributed by atoms with Crippen molar-refractivity contribution in [2.45, 2.75) is 26.2 Å². The van der Waals surface area contributed by atoms with Gasteiger partial charge >= 0.3 is 0 Å². The second-order valence-corrected chi connectivity index (χ2v) is 15.5. The molecule has 10 rings (SSSR count). The van der Waals surface area contributed by atoms with Crippen LogP contribution in [0.3, 0.4) is 0 Å². The maximum Gasteiger partial charge on any atom is 0.145 e. The Balaban J connectivity index is 1.12. The molecule has 3 nitrogen and oxygen atoms in total. The fourth-order valence-electron chi connectivity index (χ4n) is 7.89. The largest absolute Gasteiger partial charge is 0.309 e. The molecule has 0 N–H and O–H groups in total. The van der Waals surface area contributed by atoms with Crippen LogP contribution in [-0.4, -0.2) is 14.1 Å². The van der Waals surface area contributed by atoms with Crippen LogP contribution in [-0.2, 0) is 5.41 Å². The molecule has 0 aliphatic carbocycles. The van der Waals surface area contributed by atoms with Gasteiger partial charge in [-0.1, -0.05) is 112 Å². The lowest BCUT2D eigenvalue weighted by molar-refractivity contribution is 0.595. The van der Waals surface area contributed by atoms with E-state index in [2.05, 4.69) is 188 Å². The molecule has 7 aromatic carbocycles. The van der Waals surface area contributed by atoms with Gasteiger partial charge in [-0.3, -0.25) is 4.57 Å². The molecule has 0 atom stereocenters. The topological polar surface area (TPSA) is 22.8 Å². The number of hydrogen-bond acceptors (Lipinski definition) is 2. The summed E-state index contributed by atoms with van der Waals surface area (Å²) in [5.41, 5.74) is 11.6. The van der Waals surface area contributed by atoms with Gasteiger partial charge < -0.3 is 4.57 Å². The number of aromatic nitrogens is 3. The van der Waals surface area contributed by atoms with Crippen molar-refractivity contribution in [1.29, 1.82) is 0 Å². The molecule has 0 fully saturated rings. The quantitative estimate of drug-likeness (QED) is 0.182. The zero-order valence-electron chi connectivity index (χ0n) is 28.8. The van der Waals surface area contributed by atoms with Crippen molar-refractivity contribution in [3.8, 4) is 33.9 Å². The standard InChI is InChI=1S/C47H35N3S/c1-47(2,3)39-19-12-21-42-44(39)48-46(50(42)32-13-5-4-6-14-32)30-23-26-33(27-24-30)49-40-20-9-7-15-35(40)38-29-31(25-28-41(38)49)34-17-11-18-37-36-16-8-10-22-43(36)51-45(34)37/h4-29H,1-3H3. The summed E-state index contributed by atoms with van der Waals surface area (Å²) >= 11 is 1.88. The number of benzene rings is 7. The van der Waals surface area contributed by atoms with Crippen LogP contribution in [0.1, 0.15) is 26.3 Å². The Morgan fingerprint density at radius 2 is 1.14 bits per heavy atom. The van der Waals surface area contributed by atoms with Crippen molar-refractivity contribution in [2.24, 2.45) is 0 Å². The summed E-state index contributed by atoms with van der Waals surface area (Å²) in [4.78, 5) is 5.35. The average Bonchev–Trinajstić information content (AvgIpc) is 3.84.